The average molecular weight is 387 g/mol. The van der Waals surface area contributed by atoms with Crippen molar-refractivity contribution in [2.45, 2.75) is 18.4 Å². The average Bonchev–Trinajstić information content (AvgIpc) is 3.08. The molecule has 0 saturated heterocycles. The Kier molecular flexibility index (Phi) is 5.04. The van der Waals surface area contributed by atoms with E-state index in [1.54, 1.807) is 25.3 Å². The fourth-order valence-corrected chi connectivity index (χ4v) is 3.93. The summed E-state index contributed by atoms with van der Waals surface area (Å²) in [7, 11) is 1.56. The molecule has 5 heteroatoms. The highest BCUT2D eigenvalue weighted by atomic mass is 16.5. The second-order valence-corrected chi connectivity index (χ2v) is 7.06. The first-order chi connectivity index (χ1) is 14.1. The summed E-state index contributed by atoms with van der Waals surface area (Å²) in [6, 6.07) is 21.7. The van der Waals surface area contributed by atoms with Crippen LogP contribution in [0.1, 0.15) is 22.6 Å². The summed E-state index contributed by atoms with van der Waals surface area (Å²) in [5.74, 6) is -1.25. The molecule has 1 aliphatic carbocycles. The monoisotopic (exact) mass is 387 g/mol. The Labute approximate surface area is 169 Å². The van der Waals surface area contributed by atoms with Crippen LogP contribution in [-0.2, 0) is 16.0 Å². The molecular weight excluding hydrogens is 366 g/mol. The van der Waals surface area contributed by atoms with E-state index in [1.165, 1.54) is 0 Å². The van der Waals surface area contributed by atoms with Gasteiger partial charge in [-0.15, -0.1) is 0 Å². The predicted molar refractivity (Wildman–Crippen MR) is 110 cm³/mol. The zero-order valence-electron chi connectivity index (χ0n) is 16.0. The quantitative estimate of drug-likeness (QED) is 0.677. The Morgan fingerprint density at radius 2 is 1.59 bits per heavy atom. The van der Waals surface area contributed by atoms with E-state index in [4.69, 9.17) is 4.74 Å². The molecule has 0 bridgehead atoms. The second-order valence-electron chi connectivity index (χ2n) is 7.06. The zero-order chi connectivity index (χ0) is 20.4. The van der Waals surface area contributed by atoms with Crippen LogP contribution in [0, 0.1) is 0 Å². The van der Waals surface area contributed by atoms with Crippen LogP contribution in [0.5, 0.6) is 5.75 Å². The van der Waals surface area contributed by atoms with Crippen LogP contribution in [0.4, 0.5) is 0 Å². The summed E-state index contributed by atoms with van der Waals surface area (Å²) in [5, 5.41) is 12.4. The second kappa shape index (κ2) is 7.80. The Balaban J connectivity index is 1.61. The molecule has 2 N–H and O–H groups in total. The molecule has 3 aromatic carbocycles. The lowest BCUT2D eigenvalue weighted by atomic mass is 9.95. The van der Waals surface area contributed by atoms with E-state index in [9.17, 15) is 14.7 Å². The predicted octanol–water partition coefficient (Wildman–Crippen LogP) is 3.62. The number of carboxylic acid groups (broad SMARTS) is 1. The maximum atomic E-state index is 13.2. The molecule has 5 nitrogen and oxygen atoms in total. The number of methoxy groups -OCH3 is 1. The fraction of sp³-hybridized carbons (Fsp3) is 0.167. The van der Waals surface area contributed by atoms with E-state index < -0.39 is 17.9 Å². The number of aliphatic carboxylic acids is 1. The van der Waals surface area contributed by atoms with Crippen LogP contribution >= 0.6 is 0 Å². The maximum Gasteiger partial charge on any atom is 0.326 e. The van der Waals surface area contributed by atoms with Gasteiger partial charge in [0, 0.05) is 6.42 Å². The van der Waals surface area contributed by atoms with Gasteiger partial charge in [0.1, 0.15) is 11.8 Å². The number of amides is 1. The SMILES string of the molecule is COc1cccc(C[C@H](NC(=O)C2c3ccccc3-c3ccccc32)C(=O)O)c1. The van der Waals surface area contributed by atoms with Crippen molar-refractivity contribution in [3.63, 3.8) is 0 Å². The van der Waals surface area contributed by atoms with Gasteiger partial charge in [-0.25, -0.2) is 4.79 Å². The number of hydrogen-bond acceptors (Lipinski definition) is 3. The Hall–Kier alpha value is -3.60. The number of ether oxygens (including phenoxy) is 1. The first-order valence-corrected chi connectivity index (χ1v) is 9.43. The third-order valence-corrected chi connectivity index (χ3v) is 5.28. The van der Waals surface area contributed by atoms with Crippen molar-refractivity contribution >= 4 is 11.9 Å². The highest BCUT2D eigenvalue weighted by Gasteiger charge is 2.35. The van der Waals surface area contributed by atoms with Crippen molar-refractivity contribution in [2.75, 3.05) is 7.11 Å². The summed E-state index contributed by atoms with van der Waals surface area (Å²) >= 11 is 0. The third-order valence-electron chi connectivity index (χ3n) is 5.28. The van der Waals surface area contributed by atoms with Crippen LogP contribution in [0.2, 0.25) is 0 Å². The first kappa shape index (κ1) is 18.7. The number of carbonyl (C=O) groups is 2. The van der Waals surface area contributed by atoms with Crippen LogP contribution in [0.25, 0.3) is 11.1 Å². The number of carboxylic acids is 1. The van der Waals surface area contributed by atoms with Crippen LogP contribution in [0.3, 0.4) is 0 Å². The fourth-order valence-electron chi connectivity index (χ4n) is 3.93. The molecule has 0 saturated carbocycles. The van der Waals surface area contributed by atoms with Gasteiger partial charge in [0.25, 0.3) is 0 Å². The molecule has 3 aromatic rings. The van der Waals surface area contributed by atoms with Crippen LogP contribution < -0.4 is 10.1 Å². The van der Waals surface area contributed by atoms with E-state index in [1.807, 2.05) is 54.6 Å². The van der Waals surface area contributed by atoms with Gasteiger partial charge >= 0.3 is 5.97 Å². The van der Waals surface area contributed by atoms with Crippen molar-refractivity contribution in [3.8, 4) is 16.9 Å². The van der Waals surface area contributed by atoms with Gasteiger partial charge in [-0.3, -0.25) is 4.79 Å². The van der Waals surface area contributed by atoms with Gasteiger partial charge in [0.15, 0.2) is 0 Å². The number of nitrogens with one attached hydrogen (secondary N) is 1. The minimum absolute atomic E-state index is 0.175. The van der Waals surface area contributed by atoms with E-state index in [-0.39, 0.29) is 12.3 Å². The number of rotatable bonds is 6. The van der Waals surface area contributed by atoms with E-state index in [2.05, 4.69) is 5.32 Å². The standard InChI is InChI=1S/C24H21NO4/c1-29-16-8-6-7-15(13-16)14-21(24(27)28)25-23(26)22-19-11-4-2-9-17(19)18-10-3-5-12-20(18)22/h2-13,21-22H,14H2,1H3,(H,25,26)(H,27,28)/t21-/m0/s1. The van der Waals surface area contributed by atoms with Gasteiger partial charge in [0.05, 0.1) is 13.0 Å². The molecule has 0 heterocycles. The van der Waals surface area contributed by atoms with Gasteiger partial charge < -0.3 is 15.2 Å². The van der Waals surface area contributed by atoms with Gasteiger partial charge in [-0.1, -0.05) is 60.7 Å². The molecule has 0 spiro atoms. The first-order valence-electron chi connectivity index (χ1n) is 9.43. The number of fused-ring (bicyclic) bond motifs is 3. The number of carbonyl (C=O) groups excluding carboxylic acids is 1. The van der Waals surface area contributed by atoms with Gasteiger partial charge in [-0.05, 0) is 39.9 Å². The topological polar surface area (TPSA) is 75.6 Å². The van der Waals surface area contributed by atoms with Crippen LogP contribution in [0.15, 0.2) is 72.8 Å². The van der Waals surface area contributed by atoms with Gasteiger partial charge in [0.2, 0.25) is 5.91 Å². The molecule has 0 aromatic heterocycles. The molecule has 1 amide bonds. The summed E-state index contributed by atoms with van der Waals surface area (Å²) in [6.45, 7) is 0. The normalized spacial score (nSPS) is 13.3. The molecule has 0 unspecified atom stereocenters. The lowest BCUT2D eigenvalue weighted by Crippen LogP contribution is -2.44. The molecule has 0 radical (unpaired) electrons. The minimum Gasteiger partial charge on any atom is -0.497 e. The molecule has 146 valence electrons. The smallest absolute Gasteiger partial charge is 0.326 e. The molecule has 4 rings (SSSR count). The lowest BCUT2D eigenvalue weighted by molar-refractivity contribution is -0.141. The Morgan fingerprint density at radius 3 is 2.17 bits per heavy atom. The highest BCUT2D eigenvalue weighted by molar-refractivity contribution is 5.97. The molecule has 29 heavy (non-hydrogen) atoms. The van der Waals surface area contributed by atoms with Crippen molar-refractivity contribution < 1.29 is 19.4 Å². The molecule has 0 aliphatic heterocycles. The summed E-state index contributed by atoms with van der Waals surface area (Å²) in [5.41, 5.74) is 4.61. The Morgan fingerprint density at radius 1 is 0.966 bits per heavy atom. The lowest BCUT2D eigenvalue weighted by Gasteiger charge is -2.19. The van der Waals surface area contributed by atoms with Crippen molar-refractivity contribution in [2.24, 2.45) is 0 Å². The minimum atomic E-state index is -1.07. The van der Waals surface area contributed by atoms with Crippen LogP contribution in [-0.4, -0.2) is 30.1 Å². The molecule has 1 atom stereocenters. The molecular formula is C24H21NO4. The third kappa shape index (κ3) is 3.59. The summed E-state index contributed by atoms with van der Waals surface area (Å²) in [4.78, 5) is 25.1. The van der Waals surface area contributed by atoms with Crippen molar-refractivity contribution in [3.05, 3.63) is 89.5 Å². The van der Waals surface area contributed by atoms with Crippen molar-refractivity contribution in [1.29, 1.82) is 0 Å². The zero-order valence-corrected chi connectivity index (χ0v) is 16.0. The summed E-state index contributed by atoms with van der Waals surface area (Å²) < 4.78 is 5.20. The number of hydrogen-bond donors (Lipinski definition) is 2. The number of benzene rings is 3. The highest BCUT2D eigenvalue weighted by Crippen LogP contribution is 2.44. The molecule has 0 fully saturated rings. The Bertz CT molecular complexity index is 1030. The van der Waals surface area contributed by atoms with E-state index >= 15 is 0 Å². The molecule has 1 aliphatic rings. The maximum absolute atomic E-state index is 13.2. The van der Waals surface area contributed by atoms with E-state index in [0.29, 0.717) is 5.75 Å². The summed E-state index contributed by atoms with van der Waals surface area (Å²) in [6.07, 6.45) is 0.175. The largest absolute Gasteiger partial charge is 0.497 e. The van der Waals surface area contributed by atoms with Crippen molar-refractivity contribution in [1.82, 2.24) is 5.32 Å². The van der Waals surface area contributed by atoms with E-state index in [0.717, 1.165) is 27.8 Å². The van der Waals surface area contributed by atoms with Gasteiger partial charge in [-0.2, -0.15) is 0 Å².